The van der Waals surface area contributed by atoms with Gasteiger partial charge in [-0.2, -0.15) is 15.0 Å². The van der Waals surface area contributed by atoms with Gasteiger partial charge in [0, 0.05) is 32.2 Å². The van der Waals surface area contributed by atoms with E-state index in [4.69, 9.17) is 19.4 Å². The molecule has 2 fully saturated rings. The summed E-state index contributed by atoms with van der Waals surface area (Å²) >= 11 is 0. The molecule has 2 aromatic heterocycles. The molecule has 0 saturated carbocycles. The number of nitrogens with one attached hydrogen (secondary N) is 2. The Labute approximate surface area is 224 Å². The predicted molar refractivity (Wildman–Crippen MR) is 143 cm³/mol. The van der Waals surface area contributed by atoms with Crippen LogP contribution in [0.2, 0.25) is 0 Å². The SMILES string of the molecule is COc1ccccc1NC1CCN(c2nc(C3CNCCO3)nc(-n3c(C(F)F)nc4ccccc43)n2)CC1. The van der Waals surface area contributed by atoms with E-state index in [0.29, 0.717) is 49.0 Å². The zero-order valence-electron chi connectivity index (χ0n) is 21.6. The molecule has 39 heavy (non-hydrogen) atoms. The number of para-hydroxylation sites is 4. The molecule has 2 aromatic carbocycles. The van der Waals surface area contributed by atoms with E-state index >= 15 is 0 Å². The number of morpholine rings is 1. The molecule has 204 valence electrons. The van der Waals surface area contributed by atoms with Crippen LogP contribution in [0.5, 0.6) is 5.75 Å². The maximum absolute atomic E-state index is 14.1. The quantitative estimate of drug-likeness (QED) is 0.364. The van der Waals surface area contributed by atoms with E-state index in [2.05, 4.69) is 25.5 Å². The van der Waals surface area contributed by atoms with Gasteiger partial charge in [0.1, 0.15) is 11.9 Å². The Balaban J connectivity index is 1.32. The molecule has 2 aliphatic rings. The zero-order chi connectivity index (χ0) is 26.8. The fraction of sp³-hybridized carbons (Fsp3) is 0.407. The standard InChI is InChI=1S/C27H30F2N8O2/c1-38-21-9-5-3-7-19(21)31-17-10-13-36(14-11-17)26-33-24(22-16-30-12-15-39-22)34-27(35-26)37-20-8-4-2-6-18(20)32-25(37)23(28)29/h2-9,17,22-23,30-31H,10-16H2,1H3. The van der Waals surface area contributed by atoms with Gasteiger partial charge < -0.3 is 25.0 Å². The van der Waals surface area contributed by atoms with Crippen molar-refractivity contribution in [2.45, 2.75) is 31.4 Å². The number of ether oxygens (including phenoxy) is 2. The Bertz CT molecular complexity index is 1430. The number of hydrogen-bond acceptors (Lipinski definition) is 9. The summed E-state index contributed by atoms with van der Waals surface area (Å²) in [6.07, 6.45) is -1.53. The van der Waals surface area contributed by atoms with E-state index in [0.717, 1.165) is 30.8 Å². The lowest BCUT2D eigenvalue weighted by Crippen LogP contribution is -2.40. The van der Waals surface area contributed by atoms with E-state index in [9.17, 15) is 8.78 Å². The molecule has 12 heteroatoms. The highest BCUT2D eigenvalue weighted by molar-refractivity contribution is 5.77. The van der Waals surface area contributed by atoms with Crippen molar-refractivity contribution in [1.82, 2.24) is 29.8 Å². The molecule has 4 aromatic rings. The molecule has 1 unspecified atom stereocenters. The van der Waals surface area contributed by atoms with Crippen molar-refractivity contribution in [3.8, 4) is 11.7 Å². The van der Waals surface area contributed by atoms with Crippen LogP contribution in [0.15, 0.2) is 48.5 Å². The van der Waals surface area contributed by atoms with E-state index < -0.39 is 18.4 Å². The second-order valence-electron chi connectivity index (χ2n) is 9.56. The highest BCUT2D eigenvalue weighted by Gasteiger charge is 2.28. The Morgan fingerprint density at radius 1 is 1.00 bits per heavy atom. The van der Waals surface area contributed by atoms with Crippen LogP contribution in [0.25, 0.3) is 17.0 Å². The number of aromatic nitrogens is 5. The van der Waals surface area contributed by atoms with Crippen molar-refractivity contribution < 1.29 is 18.3 Å². The minimum absolute atomic E-state index is 0.113. The first-order valence-electron chi connectivity index (χ1n) is 13.1. The van der Waals surface area contributed by atoms with Crippen molar-refractivity contribution in [3.05, 3.63) is 60.2 Å². The van der Waals surface area contributed by atoms with E-state index in [1.807, 2.05) is 24.3 Å². The van der Waals surface area contributed by atoms with Gasteiger partial charge in [0.05, 0.1) is 30.4 Å². The number of hydrogen-bond donors (Lipinski definition) is 2. The summed E-state index contributed by atoms with van der Waals surface area (Å²) in [7, 11) is 1.66. The third-order valence-corrected chi connectivity index (χ3v) is 7.07. The molecule has 2 saturated heterocycles. The van der Waals surface area contributed by atoms with Crippen LogP contribution in [0.3, 0.4) is 0 Å². The Hall–Kier alpha value is -3.90. The normalized spacial score (nSPS) is 18.6. The number of methoxy groups -OCH3 is 1. The number of halogens is 2. The van der Waals surface area contributed by atoms with E-state index in [1.54, 1.807) is 31.4 Å². The van der Waals surface area contributed by atoms with Crippen LogP contribution in [0, 0.1) is 0 Å². The van der Waals surface area contributed by atoms with Gasteiger partial charge in [0.25, 0.3) is 6.43 Å². The highest BCUT2D eigenvalue weighted by atomic mass is 19.3. The van der Waals surface area contributed by atoms with Gasteiger partial charge in [-0.25, -0.2) is 13.8 Å². The van der Waals surface area contributed by atoms with Crippen LogP contribution in [-0.4, -0.2) is 70.4 Å². The summed E-state index contributed by atoms with van der Waals surface area (Å²) in [5.74, 6) is 1.37. The van der Waals surface area contributed by atoms with Crippen molar-refractivity contribution in [1.29, 1.82) is 0 Å². The van der Waals surface area contributed by atoms with Crippen molar-refractivity contribution >= 4 is 22.7 Å². The van der Waals surface area contributed by atoms with Crippen molar-refractivity contribution in [2.24, 2.45) is 0 Å². The molecular weight excluding hydrogens is 506 g/mol. The van der Waals surface area contributed by atoms with Gasteiger partial charge in [-0.3, -0.25) is 4.57 Å². The molecule has 0 amide bonds. The predicted octanol–water partition coefficient (Wildman–Crippen LogP) is 3.90. The summed E-state index contributed by atoms with van der Waals surface area (Å²) in [6.45, 7) is 3.14. The summed E-state index contributed by atoms with van der Waals surface area (Å²) in [5.41, 5.74) is 1.92. The number of imidazole rings is 1. The second-order valence-corrected chi connectivity index (χ2v) is 9.56. The smallest absolute Gasteiger partial charge is 0.296 e. The molecular formula is C27H30F2N8O2. The number of benzene rings is 2. The number of alkyl halides is 2. The summed E-state index contributed by atoms with van der Waals surface area (Å²) in [6, 6.07) is 15.1. The molecule has 2 N–H and O–H groups in total. The molecule has 2 aliphatic heterocycles. The minimum atomic E-state index is -2.80. The first kappa shape index (κ1) is 25.4. The first-order valence-corrected chi connectivity index (χ1v) is 13.1. The van der Waals surface area contributed by atoms with Crippen molar-refractivity contribution in [3.63, 3.8) is 0 Å². The zero-order valence-corrected chi connectivity index (χ0v) is 21.6. The van der Waals surface area contributed by atoms with Crippen LogP contribution >= 0.6 is 0 Å². The Morgan fingerprint density at radius 3 is 2.54 bits per heavy atom. The third-order valence-electron chi connectivity index (χ3n) is 7.07. The van der Waals surface area contributed by atoms with Gasteiger partial charge in [0.15, 0.2) is 11.6 Å². The molecule has 0 spiro atoms. The van der Waals surface area contributed by atoms with Gasteiger partial charge in [0.2, 0.25) is 11.9 Å². The molecule has 6 rings (SSSR count). The van der Waals surface area contributed by atoms with E-state index in [1.165, 1.54) is 4.57 Å². The van der Waals surface area contributed by atoms with Crippen LogP contribution in [0.4, 0.5) is 20.4 Å². The lowest BCUT2D eigenvalue weighted by molar-refractivity contribution is 0.0220. The van der Waals surface area contributed by atoms with Crippen LogP contribution in [-0.2, 0) is 4.74 Å². The number of piperidine rings is 1. The number of fused-ring (bicyclic) bond motifs is 1. The lowest BCUT2D eigenvalue weighted by Gasteiger charge is -2.33. The van der Waals surface area contributed by atoms with Crippen LogP contribution in [0.1, 0.15) is 37.0 Å². The average molecular weight is 537 g/mol. The fourth-order valence-corrected chi connectivity index (χ4v) is 5.09. The Kier molecular flexibility index (Phi) is 7.20. The van der Waals surface area contributed by atoms with E-state index in [-0.39, 0.29) is 12.0 Å². The largest absolute Gasteiger partial charge is 0.495 e. The number of rotatable bonds is 7. The van der Waals surface area contributed by atoms with Crippen LogP contribution < -0.4 is 20.3 Å². The monoisotopic (exact) mass is 536 g/mol. The molecule has 4 heterocycles. The number of anilines is 2. The summed E-state index contributed by atoms with van der Waals surface area (Å²) < 4.78 is 41.0. The molecule has 0 radical (unpaired) electrons. The lowest BCUT2D eigenvalue weighted by atomic mass is 10.0. The maximum Gasteiger partial charge on any atom is 0.296 e. The Morgan fingerprint density at radius 2 is 1.77 bits per heavy atom. The molecule has 10 nitrogen and oxygen atoms in total. The first-order chi connectivity index (χ1) is 19.1. The average Bonchev–Trinajstić information content (AvgIpc) is 3.38. The van der Waals surface area contributed by atoms with Gasteiger partial charge in [-0.1, -0.05) is 24.3 Å². The molecule has 0 bridgehead atoms. The maximum atomic E-state index is 14.1. The van der Waals surface area contributed by atoms with Gasteiger partial charge in [-0.05, 0) is 37.1 Å². The van der Waals surface area contributed by atoms with Gasteiger partial charge in [-0.15, -0.1) is 0 Å². The minimum Gasteiger partial charge on any atom is -0.495 e. The summed E-state index contributed by atoms with van der Waals surface area (Å²) in [4.78, 5) is 20.3. The van der Waals surface area contributed by atoms with Crippen molar-refractivity contribution in [2.75, 3.05) is 50.1 Å². The van der Waals surface area contributed by atoms with Gasteiger partial charge >= 0.3 is 0 Å². The highest BCUT2D eigenvalue weighted by Crippen LogP contribution is 2.30. The molecule has 0 aliphatic carbocycles. The summed E-state index contributed by atoms with van der Waals surface area (Å²) in [5, 5.41) is 6.87. The second kappa shape index (κ2) is 11.1. The topological polar surface area (TPSA) is 102 Å². The fourth-order valence-electron chi connectivity index (χ4n) is 5.09. The number of nitrogens with zero attached hydrogens (tertiary/aromatic N) is 6. The molecule has 1 atom stereocenters. The third kappa shape index (κ3) is 5.21.